The summed E-state index contributed by atoms with van der Waals surface area (Å²) in [6, 6.07) is 0. The van der Waals surface area contributed by atoms with Gasteiger partial charge in [0.15, 0.2) is 0 Å². The number of carboxylic acid groups (broad SMARTS) is 1. The van der Waals surface area contributed by atoms with Crippen LogP contribution in [0.3, 0.4) is 0 Å². The second kappa shape index (κ2) is 6.72. The minimum atomic E-state index is -1.16. The summed E-state index contributed by atoms with van der Waals surface area (Å²) < 4.78 is 0. The summed E-state index contributed by atoms with van der Waals surface area (Å²) in [5, 5.41) is 43.7. The van der Waals surface area contributed by atoms with Gasteiger partial charge in [-0.05, 0) is 12.8 Å². The van der Waals surface area contributed by atoms with Gasteiger partial charge in [-0.3, -0.25) is 4.79 Å². The largest absolute Gasteiger partial charge is 0.481 e. The number of aliphatic carboxylic acids is 1. The van der Waals surface area contributed by atoms with Crippen LogP contribution in [-0.2, 0) is 4.79 Å². The number of rotatable bonds is 7. The molecule has 0 aromatic carbocycles. The molecule has 0 rings (SSSR count). The number of aliphatic hydroxyl groups is 4. The van der Waals surface area contributed by atoms with Gasteiger partial charge in [0.1, 0.15) is 0 Å². The number of hydrogen-bond acceptors (Lipinski definition) is 5. The molecule has 14 heavy (non-hydrogen) atoms. The van der Waals surface area contributed by atoms with Gasteiger partial charge in [0.05, 0.1) is 31.3 Å². The van der Waals surface area contributed by atoms with E-state index >= 15 is 0 Å². The molecular weight excluding hydrogens is 192 g/mol. The van der Waals surface area contributed by atoms with Crippen LogP contribution in [0.1, 0.15) is 12.8 Å². The smallest absolute Gasteiger partial charge is 0.306 e. The van der Waals surface area contributed by atoms with Crippen molar-refractivity contribution < 1.29 is 30.3 Å². The summed E-state index contributed by atoms with van der Waals surface area (Å²) in [4.78, 5) is 10.6. The van der Waals surface area contributed by atoms with Crippen LogP contribution >= 0.6 is 0 Å². The van der Waals surface area contributed by atoms with E-state index < -0.39 is 37.3 Å². The standard InChI is InChI=1S/C8H16O6/c9-3-6(11)1-5(8(13)14)2-7(12)4-10/h5-7,9-12H,1-4H2,(H,13,14). The van der Waals surface area contributed by atoms with E-state index in [0.717, 1.165) is 0 Å². The topological polar surface area (TPSA) is 118 Å². The lowest BCUT2D eigenvalue weighted by Crippen LogP contribution is -2.28. The molecule has 0 aliphatic rings. The highest BCUT2D eigenvalue weighted by atomic mass is 16.4. The molecule has 5 N–H and O–H groups in total. The van der Waals surface area contributed by atoms with E-state index in [4.69, 9.17) is 25.5 Å². The zero-order valence-electron chi connectivity index (χ0n) is 7.70. The molecule has 0 aliphatic heterocycles. The van der Waals surface area contributed by atoms with Crippen LogP contribution in [0.2, 0.25) is 0 Å². The molecule has 0 aliphatic carbocycles. The molecule has 2 unspecified atom stereocenters. The van der Waals surface area contributed by atoms with E-state index in [0.29, 0.717) is 0 Å². The van der Waals surface area contributed by atoms with Gasteiger partial charge in [0, 0.05) is 0 Å². The first kappa shape index (κ1) is 13.3. The molecule has 0 saturated carbocycles. The predicted octanol–water partition coefficient (Wildman–Crippen LogP) is -1.83. The third-order valence-corrected chi connectivity index (χ3v) is 1.88. The van der Waals surface area contributed by atoms with E-state index in [1.807, 2.05) is 0 Å². The first-order chi connectivity index (χ1) is 6.51. The average molecular weight is 208 g/mol. The molecule has 2 atom stereocenters. The van der Waals surface area contributed by atoms with Crippen molar-refractivity contribution in [2.45, 2.75) is 25.0 Å². The molecule has 0 saturated heterocycles. The van der Waals surface area contributed by atoms with E-state index in [9.17, 15) is 4.79 Å². The number of carbonyl (C=O) groups is 1. The third kappa shape index (κ3) is 5.13. The molecule has 84 valence electrons. The number of aliphatic hydroxyl groups excluding tert-OH is 4. The Bertz CT molecular complexity index is 159. The maximum atomic E-state index is 10.6. The molecule has 0 aromatic rings. The van der Waals surface area contributed by atoms with E-state index in [1.54, 1.807) is 0 Å². The van der Waals surface area contributed by atoms with Gasteiger partial charge in [-0.15, -0.1) is 0 Å². The lowest BCUT2D eigenvalue weighted by Gasteiger charge is -2.17. The Balaban J connectivity index is 4.09. The van der Waals surface area contributed by atoms with Crippen LogP contribution in [0.4, 0.5) is 0 Å². The average Bonchev–Trinajstić information content (AvgIpc) is 2.16. The summed E-state index contributed by atoms with van der Waals surface area (Å²) in [7, 11) is 0. The molecule has 0 radical (unpaired) electrons. The Kier molecular flexibility index (Phi) is 6.39. The molecule has 0 fully saturated rings. The zero-order chi connectivity index (χ0) is 11.1. The Morgan fingerprint density at radius 1 is 1.00 bits per heavy atom. The second-order valence-electron chi connectivity index (χ2n) is 3.18. The zero-order valence-corrected chi connectivity index (χ0v) is 7.70. The Morgan fingerprint density at radius 2 is 1.36 bits per heavy atom. The van der Waals surface area contributed by atoms with Crippen molar-refractivity contribution in [1.82, 2.24) is 0 Å². The van der Waals surface area contributed by atoms with E-state index in [-0.39, 0.29) is 12.8 Å². The molecule has 0 aromatic heterocycles. The van der Waals surface area contributed by atoms with Crippen LogP contribution in [0.15, 0.2) is 0 Å². The Hall–Kier alpha value is -0.690. The van der Waals surface area contributed by atoms with Crippen LogP contribution < -0.4 is 0 Å². The maximum absolute atomic E-state index is 10.6. The normalized spacial score (nSPS) is 17.4. The van der Waals surface area contributed by atoms with Crippen LogP contribution in [0.5, 0.6) is 0 Å². The third-order valence-electron chi connectivity index (χ3n) is 1.88. The SMILES string of the molecule is O=C(O)C(CC(O)CO)CC(O)CO. The second-order valence-corrected chi connectivity index (χ2v) is 3.18. The summed E-state index contributed by atoms with van der Waals surface area (Å²) in [6.45, 7) is -1.03. The van der Waals surface area contributed by atoms with Crippen LogP contribution in [0, 0.1) is 5.92 Å². The van der Waals surface area contributed by atoms with Crippen molar-refractivity contribution >= 4 is 5.97 Å². The van der Waals surface area contributed by atoms with Gasteiger partial charge in [-0.25, -0.2) is 0 Å². The number of hydrogen-bond donors (Lipinski definition) is 5. The monoisotopic (exact) mass is 208 g/mol. The van der Waals surface area contributed by atoms with Gasteiger partial charge >= 0.3 is 5.97 Å². The van der Waals surface area contributed by atoms with Crippen molar-refractivity contribution in [3.05, 3.63) is 0 Å². The van der Waals surface area contributed by atoms with Gasteiger partial charge in [0.25, 0.3) is 0 Å². The molecule has 6 heteroatoms. The number of carboxylic acids is 1. The highest BCUT2D eigenvalue weighted by molar-refractivity contribution is 5.70. The highest BCUT2D eigenvalue weighted by Crippen LogP contribution is 2.14. The quantitative estimate of drug-likeness (QED) is 0.336. The fourth-order valence-electron chi connectivity index (χ4n) is 1.10. The minimum Gasteiger partial charge on any atom is -0.481 e. The first-order valence-corrected chi connectivity index (χ1v) is 4.31. The summed E-state index contributed by atoms with van der Waals surface area (Å²) in [5.41, 5.74) is 0. The molecule has 6 nitrogen and oxygen atoms in total. The van der Waals surface area contributed by atoms with Crippen LogP contribution in [0.25, 0.3) is 0 Å². The van der Waals surface area contributed by atoms with Gasteiger partial charge in [0.2, 0.25) is 0 Å². The van der Waals surface area contributed by atoms with Crippen molar-refractivity contribution in [2.75, 3.05) is 13.2 Å². The Labute approximate surface area is 81.4 Å². The lowest BCUT2D eigenvalue weighted by molar-refractivity contribution is -0.144. The van der Waals surface area contributed by atoms with Crippen molar-refractivity contribution in [2.24, 2.45) is 5.92 Å². The van der Waals surface area contributed by atoms with Crippen molar-refractivity contribution in [3.8, 4) is 0 Å². The fourth-order valence-corrected chi connectivity index (χ4v) is 1.10. The molecule has 0 spiro atoms. The van der Waals surface area contributed by atoms with Crippen molar-refractivity contribution in [3.63, 3.8) is 0 Å². The summed E-state index contributed by atoms with van der Waals surface area (Å²) in [5.74, 6) is -2.12. The molecule has 0 amide bonds. The molecule has 0 bridgehead atoms. The van der Waals surface area contributed by atoms with E-state index in [2.05, 4.69) is 0 Å². The molecule has 0 heterocycles. The van der Waals surface area contributed by atoms with E-state index in [1.165, 1.54) is 0 Å². The minimum absolute atomic E-state index is 0.136. The van der Waals surface area contributed by atoms with Crippen molar-refractivity contribution in [1.29, 1.82) is 0 Å². The Morgan fingerprint density at radius 3 is 1.57 bits per heavy atom. The summed E-state index contributed by atoms with van der Waals surface area (Å²) >= 11 is 0. The fraction of sp³-hybridized carbons (Fsp3) is 0.875. The van der Waals surface area contributed by atoms with Crippen LogP contribution in [-0.4, -0.2) is 56.9 Å². The van der Waals surface area contributed by atoms with Gasteiger partial charge < -0.3 is 25.5 Å². The van der Waals surface area contributed by atoms with Gasteiger partial charge in [-0.1, -0.05) is 0 Å². The summed E-state index contributed by atoms with van der Waals surface area (Å²) in [6.07, 6.45) is -2.49. The predicted molar refractivity (Wildman–Crippen MR) is 46.5 cm³/mol. The lowest BCUT2D eigenvalue weighted by atomic mass is 9.95. The first-order valence-electron chi connectivity index (χ1n) is 4.31. The highest BCUT2D eigenvalue weighted by Gasteiger charge is 2.23. The van der Waals surface area contributed by atoms with Gasteiger partial charge in [-0.2, -0.15) is 0 Å². The molecular formula is C8H16O6. The maximum Gasteiger partial charge on any atom is 0.306 e.